The second kappa shape index (κ2) is 14.6. The average Bonchev–Trinajstić information content (AvgIpc) is 3.86. The molecule has 12 rings (SSSR count). The molecule has 10 aromatic rings. The molecule has 1 aromatic heterocycles. The van der Waals surface area contributed by atoms with Crippen LogP contribution in [0.15, 0.2) is 212 Å². The molecule has 9 aromatic carbocycles. The molecule has 0 radical (unpaired) electrons. The van der Waals surface area contributed by atoms with E-state index in [1.54, 1.807) is 0 Å². The Morgan fingerprint density at radius 1 is 0.393 bits per heavy atom. The van der Waals surface area contributed by atoms with Crippen LogP contribution in [0.2, 0.25) is 0 Å². The van der Waals surface area contributed by atoms with Crippen LogP contribution in [0.25, 0.3) is 53.6 Å². The van der Waals surface area contributed by atoms with Crippen LogP contribution in [-0.4, -0.2) is 0 Å². The van der Waals surface area contributed by atoms with Gasteiger partial charge >= 0.3 is 0 Å². The van der Waals surface area contributed by atoms with Crippen molar-refractivity contribution < 1.29 is 0 Å². The minimum Gasteiger partial charge on any atom is -0.308 e. The molecule has 1 heterocycles. The monoisotopic (exact) mass is 797 g/mol. The Balaban J connectivity index is 1.21. The largest absolute Gasteiger partial charge is 0.308 e. The second-order valence-corrected chi connectivity index (χ2v) is 17.7. The van der Waals surface area contributed by atoms with Gasteiger partial charge in [0.1, 0.15) is 0 Å². The minimum atomic E-state index is -0.538. The quantitative estimate of drug-likeness (QED) is 0.155. The van der Waals surface area contributed by atoms with E-state index in [4.69, 9.17) is 0 Å². The van der Waals surface area contributed by atoms with Crippen molar-refractivity contribution in [3.63, 3.8) is 0 Å². The van der Waals surface area contributed by atoms with Crippen LogP contribution in [0.3, 0.4) is 0 Å². The smallest absolute Gasteiger partial charge is 0.0714 e. The maximum Gasteiger partial charge on any atom is 0.0714 e. The predicted octanol–water partition coefficient (Wildman–Crippen LogP) is 16.1. The number of rotatable bonds is 7. The summed E-state index contributed by atoms with van der Waals surface area (Å²) in [6.07, 6.45) is 4.79. The highest BCUT2D eigenvalue weighted by Gasteiger charge is 2.47. The standard InChI is InChI=1S/C59H43NS/c1-4-17-40(18-5-1)42-33-35-47(36-34-42)60(55-29-16-27-50-49-26-13-15-30-57(49)61-58(50)55)56-39-54-52(38-51(56)44-32-31-41-19-10-11-20-43(41)37-44)48-25-12-14-28-53(48)59(54,45-21-6-2-7-22-45)46-23-8-3-9-24-46/h1-9,12-18,21-39H,10-11,19-20H2. The SMILES string of the molecule is c1ccc(-c2ccc(N(c3cc4c(cc3-c3ccc5c(c3)CCCC5)-c3ccccc3C4(c3ccccc3)c3ccccc3)c3cccc4c3sc3ccccc34)cc2)cc1. The van der Waals surface area contributed by atoms with Gasteiger partial charge < -0.3 is 4.90 Å². The number of hydrogen-bond donors (Lipinski definition) is 0. The van der Waals surface area contributed by atoms with E-state index in [9.17, 15) is 0 Å². The van der Waals surface area contributed by atoms with E-state index >= 15 is 0 Å². The lowest BCUT2D eigenvalue weighted by Crippen LogP contribution is -2.28. The van der Waals surface area contributed by atoms with Gasteiger partial charge in [0.15, 0.2) is 0 Å². The fraction of sp³-hybridized carbons (Fsp3) is 0.0847. The summed E-state index contributed by atoms with van der Waals surface area (Å²) >= 11 is 1.89. The third-order valence-corrected chi connectivity index (χ3v) is 14.5. The summed E-state index contributed by atoms with van der Waals surface area (Å²) in [5.74, 6) is 0. The lowest BCUT2D eigenvalue weighted by Gasteiger charge is -2.35. The first kappa shape index (κ1) is 35.9. The van der Waals surface area contributed by atoms with Crippen LogP contribution < -0.4 is 4.90 Å². The van der Waals surface area contributed by atoms with E-state index < -0.39 is 5.41 Å². The van der Waals surface area contributed by atoms with Crippen LogP contribution in [0.1, 0.15) is 46.2 Å². The molecule has 61 heavy (non-hydrogen) atoms. The molecule has 0 spiro atoms. The van der Waals surface area contributed by atoms with Gasteiger partial charge in [-0.25, -0.2) is 0 Å². The minimum absolute atomic E-state index is 0.538. The number of hydrogen-bond acceptors (Lipinski definition) is 2. The van der Waals surface area contributed by atoms with Gasteiger partial charge in [0.25, 0.3) is 0 Å². The number of fused-ring (bicyclic) bond motifs is 7. The summed E-state index contributed by atoms with van der Waals surface area (Å²) in [5, 5.41) is 2.59. The van der Waals surface area contributed by atoms with Crippen LogP contribution in [0.5, 0.6) is 0 Å². The summed E-state index contributed by atoms with van der Waals surface area (Å²) in [6.45, 7) is 0. The van der Waals surface area contributed by atoms with Crippen molar-refractivity contribution in [2.24, 2.45) is 0 Å². The number of aryl methyl sites for hydroxylation is 2. The highest BCUT2D eigenvalue weighted by molar-refractivity contribution is 7.26. The fourth-order valence-electron chi connectivity index (χ4n) is 10.5. The van der Waals surface area contributed by atoms with E-state index in [1.165, 1.54) is 111 Å². The molecule has 0 bridgehead atoms. The molecule has 0 amide bonds. The molecule has 2 aliphatic carbocycles. The van der Waals surface area contributed by atoms with Gasteiger partial charge in [0, 0.05) is 26.7 Å². The molecule has 0 N–H and O–H groups in total. The third-order valence-electron chi connectivity index (χ3n) is 13.3. The van der Waals surface area contributed by atoms with Gasteiger partial charge in [-0.2, -0.15) is 0 Å². The molecule has 2 heteroatoms. The summed E-state index contributed by atoms with van der Waals surface area (Å²) in [7, 11) is 0. The summed E-state index contributed by atoms with van der Waals surface area (Å²) in [4.78, 5) is 2.57. The zero-order chi connectivity index (χ0) is 40.3. The highest BCUT2D eigenvalue weighted by atomic mass is 32.1. The molecule has 0 saturated heterocycles. The Labute approximate surface area is 361 Å². The Morgan fingerprint density at radius 2 is 1.02 bits per heavy atom. The van der Waals surface area contributed by atoms with E-state index in [1.807, 2.05) is 11.3 Å². The van der Waals surface area contributed by atoms with Crippen molar-refractivity contribution in [2.45, 2.75) is 31.1 Å². The van der Waals surface area contributed by atoms with Crippen molar-refractivity contribution in [1.82, 2.24) is 0 Å². The Morgan fingerprint density at radius 3 is 1.79 bits per heavy atom. The van der Waals surface area contributed by atoms with Gasteiger partial charge in [0.2, 0.25) is 0 Å². The van der Waals surface area contributed by atoms with E-state index in [2.05, 4.69) is 217 Å². The summed E-state index contributed by atoms with van der Waals surface area (Å²) < 4.78 is 2.59. The van der Waals surface area contributed by atoms with Crippen LogP contribution in [0.4, 0.5) is 17.1 Å². The maximum atomic E-state index is 2.57. The van der Waals surface area contributed by atoms with Gasteiger partial charge in [-0.05, 0) is 123 Å². The molecular weight excluding hydrogens is 755 g/mol. The van der Waals surface area contributed by atoms with Gasteiger partial charge in [-0.1, -0.05) is 176 Å². The number of thiophene rings is 1. The Kier molecular flexibility index (Phi) is 8.61. The van der Waals surface area contributed by atoms with Crippen molar-refractivity contribution in [3.05, 3.63) is 246 Å². The van der Waals surface area contributed by atoms with Crippen LogP contribution >= 0.6 is 11.3 Å². The van der Waals surface area contributed by atoms with Crippen molar-refractivity contribution >= 4 is 48.6 Å². The first-order valence-electron chi connectivity index (χ1n) is 21.6. The molecule has 290 valence electrons. The van der Waals surface area contributed by atoms with Gasteiger partial charge in [-0.3, -0.25) is 0 Å². The molecule has 0 fully saturated rings. The van der Waals surface area contributed by atoms with E-state index in [-0.39, 0.29) is 0 Å². The lowest BCUT2D eigenvalue weighted by atomic mass is 9.67. The molecule has 0 aliphatic heterocycles. The number of benzene rings is 9. The molecular formula is C59H43NS. The van der Waals surface area contributed by atoms with Gasteiger partial charge in [0.05, 0.1) is 21.5 Å². The van der Waals surface area contributed by atoms with Crippen molar-refractivity contribution in [1.29, 1.82) is 0 Å². The summed E-state index contributed by atoms with van der Waals surface area (Å²) in [5.41, 5.74) is 18.6. The number of nitrogens with zero attached hydrogens (tertiary/aromatic N) is 1. The van der Waals surface area contributed by atoms with Crippen LogP contribution in [0, 0.1) is 0 Å². The predicted molar refractivity (Wildman–Crippen MR) is 259 cm³/mol. The molecule has 0 saturated carbocycles. The van der Waals surface area contributed by atoms with Gasteiger partial charge in [-0.15, -0.1) is 11.3 Å². The fourth-order valence-corrected chi connectivity index (χ4v) is 11.7. The molecule has 2 aliphatic rings. The molecule has 0 unspecified atom stereocenters. The Hall–Kier alpha value is -7.00. The third kappa shape index (κ3) is 5.74. The lowest BCUT2D eigenvalue weighted by molar-refractivity contribution is 0.686. The molecule has 0 atom stereocenters. The van der Waals surface area contributed by atoms with E-state index in [0.717, 1.165) is 18.5 Å². The molecule has 1 nitrogen and oxygen atoms in total. The average molecular weight is 798 g/mol. The zero-order valence-corrected chi connectivity index (χ0v) is 34.7. The maximum absolute atomic E-state index is 2.57. The first-order chi connectivity index (χ1) is 30.3. The Bertz CT molecular complexity index is 3200. The normalized spacial score (nSPS) is 13.8. The van der Waals surface area contributed by atoms with Crippen LogP contribution in [-0.2, 0) is 18.3 Å². The van der Waals surface area contributed by atoms with Crippen molar-refractivity contribution in [2.75, 3.05) is 4.90 Å². The highest BCUT2D eigenvalue weighted by Crippen LogP contribution is 2.59. The topological polar surface area (TPSA) is 3.24 Å². The van der Waals surface area contributed by atoms with E-state index in [0.29, 0.717) is 0 Å². The zero-order valence-electron chi connectivity index (χ0n) is 33.9. The number of anilines is 3. The summed E-state index contributed by atoms with van der Waals surface area (Å²) in [6, 6.07) is 79.7. The van der Waals surface area contributed by atoms with Crippen molar-refractivity contribution in [3.8, 4) is 33.4 Å². The second-order valence-electron chi connectivity index (χ2n) is 16.6. The first-order valence-corrected chi connectivity index (χ1v) is 22.4.